The van der Waals surface area contributed by atoms with Crippen LogP contribution in [0.4, 0.5) is 4.79 Å². The minimum absolute atomic E-state index is 0.0341. The van der Waals surface area contributed by atoms with Crippen LogP contribution in [-0.2, 0) is 25.3 Å². The standard InChI is InChI=1S/C25H41NO5Si/c1-23(2,3)25(14-15-25)21(27)29-17-20(18-31-32(7,8)24(4,5)6)26-22(28)30-16-19-12-10-9-11-13-19/h9-13,20H,14-18H2,1-8H3,(H,26,28)/t20-/m0/s1. The van der Waals surface area contributed by atoms with Gasteiger partial charge in [0.05, 0.1) is 18.1 Å². The monoisotopic (exact) mass is 463 g/mol. The molecule has 32 heavy (non-hydrogen) atoms. The van der Waals surface area contributed by atoms with E-state index in [1.807, 2.05) is 30.3 Å². The quantitative estimate of drug-likeness (QED) is 0.377. The van der Waals surface area contributed by atoms with Gasteiger partial charge in [0, 0.05) is 0 Å². The molecule has 0 aliphatic heterocycles. The van der Waals surface area contributed by atoms with Gasteiger partial charge >= 0.3 is 12.1 Å². The summed E-state index contributed by atoms with van der Waals surface area (Å²) in [5.74, 6) is -0.193. The van der Waals surface area contributed by atoms with Crippen LogP contribution in [0, 0.1) is 10.8 Å². The molecule has 1 amide bonds. The fourth-order valence-electron chi connectivity index (χ4n) is 3.29. The summed E-state index contributed by atoms with van der Waals surface area (Å²) in [5.41, 5.74) is 0.328. The van der Waals surface area contributed by atoms with E-state index >= 15 is 0 Å². The zero-order chi connectivity index (χ0) is 24.2. The Hall–Kier alpha value is -1.86. The Labute approximate surface area is 194 Å². The van der Waals surface area contributed by atoms with Gasteiger partial charge in [-0.2, -0.15) is 0 Å². The summed E-state index contributed by atoms with van der Waals surface area (Å²) in [6, 6.07) is 9.02. The van der Waals surface area contributed by atoms with Crippen LogP contribution in [-0.4, -0.2) is 39.6 Å². The second-order valence-corrected chi connectivity index (χ2v) is 16.2. The summed E-state index contributed by atoms with van der Waals surface area (Å²) in [4.78, 5) is 25.3. The van der Waals surface area contributed by atoms with Crippen molar-refractivity contribution < 1.29 is 23.5 Å². The van der Waals surface area contributed by atoms with Gasteiger partial charge in [0.1, 0.15) is 13.2 Å². The number of rotatable bonds is 9. The number of amides is 1. The molecular weight excluding hydrogens is 422 g/mol. The third kappa shape index (κ3) is 6.82. The first-order valence-corrected chi connectivity index (χ1v) is 14.4. The van der Waals surface area contributed by atoms with Crippen LogP contribution in [0.3, 0.4) is 0 Å². The van der Waals surface area contributed by atoms with Crippen LogP contribution in [0.2, 0.25) is 18.1 Å². The van der Waals surface area contributed by atoms with Crippen LogP contribution < -0.4 is 5.32 Å². The van der Waals surface area contributed by atoms with E-state index in [9.17, 15) is 9.59 Å². The molecule has 0 radical (unpaired) electrons. The van der Waals surface area contributed by atoms with E-state index in [0.717, 1.165) is 18.4 Å². The number of ether oxygens (including phenoxy) is 2. The lowest BCUT2D eigenvalue weighted by molar-refractivity contribution is -0.155. The molecule has 6 nitrogen and oxygen atoms in total. The van der Waals surface area contributed by atoms with E-state index in [-0.39, 0.29) is 36.2 Å². The third-order valence-corrected chi connectivity index (χ3v) is 11.5. The van der Waals surface area contributed by atoms with Gasteiger partial charge in [0.2, 0.25) is 0 Å². The van der Waals surface area contributed by atoms with Gasteiger partial charge in [-0.3, -0.25) is 4.79 Å². The maximum Gasteiger partial charge on any atom is 0.407 e. The Kier molecular flexibility index (Phi) is 8.21. The Balaban J connectivity index is 1.98. The first-order valence-electron chi connectivity index (χ1n) is 11.5. The van der Waals surface area contributed by atoms with Gasteiger partial charge < -0.3 is 19.2 Å². The van der Waals surface area contributed by atoms with E-state index in [1.165, 1.54) is 0 Å². The van der Waals surface area contributed by atoms with Gasteiger partial charge in [-0.25, -0.2) is 4.79 Å². The lowest BCUT2D eigenvalue weighted by Gasteiger charge is -2.37. The van der Waals surface area contributed by atoms with E-state index in [0.29, 0.717) is 0 Å². The van der Waals surface area contributed by atoms with Crippen molar-refractivity contribution in [3.63, 3.8) is 0 Å². The van der Waals surface area contributed by atoms with Gasteiger partial charge in [0.25, 0.3) is 0 Å². The summed E-state index contributed by atoms with van der Waals surface area (Å²) in [7, 11) is -2.03. The van der Waals surface area contributed by atoms with Gasteiger partial charge in [0.15, 0.2) is 8.32 Å². The highest BCUT2D eigenvalue weighted by Crippen LogP contribution is 2.59. The molecule has 2 rings (SSSR count). The lowest BCUT2D eigenvalue weighted by atomic mass is 9.77. The number of hydrogen-bond donors (Lipinski definition) is 1. The first-order chi connectivity index (χ1) is 14.7. The van der Waals surface area contributed by atoms with Crippen LogP contribution in [0.15, 0.2) is 30.3 Å². The number of hydrogen-bond acceptors (Lipinski definition) is 5. The molecule has 0 heterocycles. The zero-order valence-corrected chi connectivity index (χ0v) is 22.0. The smallest absolute Gasteiger partial charge is 0.407 e. The fraction of sp³-hybridized carbons (Fsp3) is 0.680. The van der Waals surface area contributed by atoms with E-state index in [1.54, 1.807) is 0 Å². The number of esters is 1. The highest BCUT2D eigenvalue weighted by atomic mass is 28.4. The molecule has 1 aromatic rings. The summed E-state index contributed by atoms with van der Waals surface area (Å²) >= 11 is 0. The average molecular weight is 464 g/mol. The van der Waals surface area contributed by atoms with Crippen molar-refractivity contribution in [1.29, 1.82) is 0 Å². The summed E-state index contributed by atoms with van der Waals surface area (Å²) < 4.78 is 17.4. The number of carbonyl (C=O) groups excluding carboxylic acids is 2. The molecule has 0 aromatic heterocycles. The van der Waals surface area contributed by atoms with Crippen LogP contribution >= 0.6 is 0 Å². The molecule has 0 unspecified atom stereocenters. The Bertz CT molecular complexity index is 776. The van der Waals surface area contributed by atoms with Crippen molar-refractivity contribution in [2.45, 2.75) is 85.2 Å². The molecule has 0 spiro atoms. The molecule has 1 fully saturated rings. The predicted octanol–water partition coefficient (Wildman–Crippen LogP) is 5.67. The molecule has 0 saturated heterocycles. The Morgan fingerprint density at radius 3 is 2.09 bits per heavy atom. The number of alkyl carbamates (subject to hydrolysis) is 1. The fourth-order valence-corrected chi connectivity index (χ4v) is 4.34. The molecule has 1 atom stereocenters. The largest absolute Gasteiger partial charge is 0.463 e. The van der Waals surface area contributed by atoms with E-state index in [4.69, 9.17) is 13.9 Å². The summed E-state index contributed by atoms with van der Waals surface area (Å²) in [5, 5.41) is 2.87. The minimum atomic E-state index is -2.03. The van der Waals surface area contributed by atoms with Gasteiger partial charge in [-0.05, 0) is 42.0 Å². The SMILES string of the molecule is CC(C)(C)C1(C(=O)OC[C@@H](CO[Si](C)(C)C(C)(C)C)NC(=O)OCc2ccccc2)CC1. The first kappa shape index (κ1) is 26.4. The molecule has 1 aliphatic rings. The van der Waals surface area contributed by atoms with Gasteiger partial charge in [-0.1, -0.05) is 71.9 Å². The minimum Gasteiger partial charge on any atom is -0.463 e. The van der Waals surface area contributed by atoms with Crippen molar-refractivity contribution in [3.8, 4) is 0 Å². The third-order valence-electron chi connectivity index (χ3n) is 6.98. The van der Waals surface area contributed by atoms with Crippen molar-refractivity contribution in [2.24, 2.45) is 10.8 Å². The van der Waals surface area contributed by atoms with Crippen molar-refractivity contribution >= 4 is 20.4 Å². The topological polar surface area (TPSA) is 73.9 Å². The van der Waals surface area contributed by atoms with Crippen molar-refractivity contribution in [2.75, 3.05) is 13.2 Å². The molecule has 1 aromatic carbocycles. The predicted molar refractivity (Wildman–Crippen MR) is 129 cm³/mol. The van der Waals surface area contributed by atoms with E-state index < -0.39 is 25.9 Å². The number of benzene rings is 1. The molecule has 1 aliphatic carbocycles. The second-order valence-electron chi connectivity index (χ2n) is 11.4. The Morgan fingerprint density at radius 1 is 1.00 bits per heavy atom. The Morgan fingerprint density at radius 2 is 1.59 bits per heavy atom. The lowest BCUT2D eigenvalue weighted by Crippen LogP contribution is -2.48. The molecule has 0 bridgehead atoms. The molecule has 7 heteroatoms. The number of nitrogens with one attached hydrogen (secondary N) is 1. The summed E-state index contributed by atoms with van der Waals surface area (Å²) in [6.07, 6.45) is 1.13. The molecule has 1 N–H and O–H groups in total. The van der Waals surface area contributed by atoms with E-state index in [2.05, 4.69) is 60.0 Å². The maximum atomic E-state index is 12.8. The van der Waals surface area contributed by atoms with Crippen LogP contribution in [0.25, 0.3) is 0 Å². The normalized spacial score (nSPS) is 16.8. The number of carbonyl (C=O) groups is 2. The average Bonchev–Trinajstić information content (AvgIpc) is 3.50. The zero-order valence-electron chi connectivity index (χ0n) is 21.0. The molecule has 1 saturated carbocycles. The molecule has 180 valence electrons. The van der Waals surface area contributed by atoms with Crippen molar-refractivity contribution in [1.82, 2.24) is 5.32 Å². The van der Waals surface area contributed by atoms with Crippen LogP contribution in [0.1, 0.15) is 59.9 Å². The second kappa shape index (κ2) is 9.95. The van der Waals surface area contributed by atoms with Gasteiger partial charge in [-0.15, -0.1) is 0 Å². The highest BCUT2D eigenvalue weighted by Gasteiger charge is 2.59. The molecular formula is C25H41NO5Si. The van der Waals surface area contributed by atoms with Crippen LogP contribution in [0.5, 0.6) is 0 Å². The maximum absolute atomic E-state index is 12.8. The summed E-state index contributed by atoms with van der Waals surface area (Å²) in [6.45, 7) is 17.5. The van der Waals surface area contributed by atoms with Crippen molar-refractivity contribution in [3.05, 3.63) is 35.9 Å². The highest BCUT2D eigenvalue weighted by molar-refractivity contribution is 6.74.